The Morgan fingerprint density at radius 3 is 2.62 bits per heavy atom. The molecule has 0 bridgehead atoms. The van der Waals surface area contributed by atoms with Gasteiger partial charge in [0.25, 0.3) is 0 Å². The molecule has 1 saturated heterocycles. The van der Waals surface area contributed by atoms with Crippen molar-refractivity contribution in [3.05, 3.63) is 27.7 Å². The summed E-state index contributed by atoms with van der Waals surface area (Å²) in [6.07, 6.45) is 2.45. The van der Waals surface area contributed by atoms with E-state index >= 15 is 0 Å². The summed E-state index contributed by atoms with van der Waals surface area (Å²) in [5.74, 6) is 0.592. The Bertz CT molecular complexity index is 569. The van der Waals surface area contributed by atoms with Crippen LogP contribution in [0.4, 0.5) is 0 Å². The van der Waals surface area contributed by atoms with Crippen LogP contribution < -0.4 is 5.43 Å². The molecule has 1 fully saturated rings. The molecule has 118 valence electrons. The van der Waals surface area contributed by atoms with E-state index in [-0.39, 0.29) is 16.7 Å². The summed E-state index contributed by atoms with van der Waals surface area (Å²) in [6.45, 7) is 13.2. The molecule has 1 N–H and O–H groups in total. The van der Waals surface area contributed by atoms with Crippen LogP contribution >= 0.6 is 0 Å². The number of hydrogen-bond donors (Lipinski definition) is 1. The summed E-state index contributed by atoms with van der Waals surface area (Å²) in [5, 5.41) is 10.3. The molecule has 1 unspecified atom stereocenters. The number of rotatable bonds is 2. The van der Waals surface area contributed by atoms with Gasteiger partial charge in [-0.15, -0.1) is 0 Å². The summed E-state index contributed by atoms with van der Waals surface area (Å²) < 4.78 is 2.10. The van der Waals surface area contributed by atoms with E-state index in [1.165, 1.54) is 18.9 Å². The van der Waals surface area contributed by atoms with Gasteiger partial charge in [0.2, 0.25) is 5.43 Å². The minimum absolute atomic E-state index is 0.0891. The number of hydrogen-bond acceptors (Lipinski definition) is 3. The topological polar surface area (TPSA) is 45.5 Å². The first-order chi connectivity index (χ1) is 9.70. The molecule has 2 heterocycles. The van der Waals surface area contributed by atoms with Gasteiger partial charge in [-0.25, -0.2) is 0 Å². The van der Waals surface area contributed by atoms with Crippen molar-refractivity contribution in [2.24, 2.45) is 5.92 Å². The number of aryl methyl sites for hydroxylation is 1. The van der Waals surface area contributed by atoms with Crippen molar-refractivity contribution in [1.82, 2.24) is 9.47 Å². The lowest BCUT2D eigenvalue weighted by Gasteiger charge is -2.35. The molecular weight excluding hydrogens is 264 g/mol. The number of aromatic hydroxyl groups is 1. The molecule has 1 aromatic rings. The van der Waals surface area contributed by atoms with Crippen LogP contribution in [0.5, 0.6) is 5.75 Å². The molecule has 1 aliphatic heterocycles. The van der Waals surface area contributed by atoms with E-state index in [0.717, 1.165) is 24.5 Å². The third kappa shape index (κ3) is 3.49. The van der Waals surface area contributed by atoms with Gasteiger partial charge >= 0.3 is 0 Å². The van der Waals surface area contributed by atoms with Gasteiger partial charge in [0.1, 0.15) is 0 Å². The second-order valence-corrected chi connectivity index (χ2v) is 7.43. The zero-order valence-corrected chi connectivity index (χ0v) is 13.9. The second-order valence-electron chi connectivity index (χ2n) is 7.43. The quantitative estimate of drug-likeness (QED) is 0.911. The van der Waals surface area contributed by atoms with E-state index in [2.05, 4.69) is 37.2 Å². The number of likely N-dealkylation sites (tertiary alicyclic amines) is 1. The zero-order valence-electron chi connectivity index (χ0n) is 13.9. The third-order valence-electron chi connectivity index (χ3n) is 4.25. The monoisotopic (exact) mass is 292 g/mol. The van der Waals surface area contributed by atoms with Gasteiger partial charge in [-0.05, 0) is 53.0 Å². The minimum atomic E-state index is -0.270. The standard InChI is InChI=1S/C17H28N2O2/c1-12-7-6-8-18(10-12)11-14-16(21)15(20)9-13(2)19(14)17(3,4)5/h9,12,21H,6-8,10-11H2,1-5H3. The van der Waals surface area contributed by atoms with Gasteiger partial charge in [-0.3, -0.25) is 9.69 Å². The first-order valence-corrected chi connectivity index (χ1v) is 7.87. The van der Waals surface area contributed by atoms with Crippen molar-refractivity contribution < 1.29 is 5.11 Å². The van der Waals surface area contributed by atoms with E-state index in [0.29, 0.717) is 12.5 Å². The first kappa shape index (κ1) is 16.1. The highest BCUT2D eigenvalue weighted by Crippen LogP contribution is 2.26. The molecule has 0 aliphatic carbocycles. The van der Waals surface area contributed by atoms with Crippen molar-refractivity contribution in [2.75, 3.05) is 13.1 Å². The Labute approximate surface area is 127 Å². The molecule has 2 rings (SSSR count). The Morgan fingerprint density at radius 2 is 2.05 bits per heavy atom. The molecule has 0 amide bonds. The van der Waals surface area contributed by atoms with Gasteiger partial charge in [-0.1, -0.05) is 6.92 Å². The molecule has 0 radical (unpaired) electrons. The molecule has 21 heavy (non-hydrogen) atoms. The van der Waals surface area contributed by atoms with Crippen LogP contribution in [-0.4, -0.2) is 27.7 Å². The fourth-order valence-electron chi connectivity index (χ4n) is 3.51. The summed E-state index contributed by atoms with van der Waals surface area (Å²) in [6, 6.07) is 1.53. The summed E-state index contributed by atoms with van der Waals surface area (Å²) >= 11 is 0. The first-order valence-electron chi connectivity index (χ1n) is 7.87. The molecule has 4 heteroatoms. The van der Waals surface area contributed by atoms with Crippen LogP contribution in [-0.2, 0) is 12.1 Å². The van der Waals surface area contributed by atoms with Crippen LogP contribution in [0.2, 0.25) is 0 Å². The predicted molar refractivity (Wildman–Crippen MR) is 85.8 cm³/mol. The van der Waals surface area contributed by atoms with E-state index in [1.807, 2.05) is 6.92 Å². The summed E-state index contributed by atoms with van der Waals surface area (Å²) in [4.78, 5) is 14.3. The Kier molecular flexibility index (Phi) is 4.47. The Morgan fingerprint density at radius 1 is 1.38 bits per heavy atom. The molecule has 0 aromatic carbocycles. The molecule has 1 aliphatic rings. The minimum Gasteiger partial charge on any atom is -0.503 e. The lowest BCUT2D eigenvalue weighted by atomic mass is 9.99. The highest BCUT2D eigenvalue weighted by molar-refractivity contribution is 5.31. The van der Waals surface area contributed by atoms with Crippen molar-refractivity contribution >= 4 is 0 Å². The number of piperidine rings is 1. The molecular formula is C17H28N2O2. The maximum atomic E-state index is 12.0. The molecule has 0 saturated carbocycles. The van der Waals surface area contributed by atoms with Crippen molar-refractivity contribution in [3.63, 3.8) is 0 Å². The Balaban J connectivity index is 2.43. The van der Waals surface area contributed by atoms with Crippen LogP contribution in [0.3, 0.4) is 0 Å². The predicted octanol–water partition coefficient (Wildman–Crippen LogP) is 2.85. The summed E-state index contributed by atoms with van der Waals surface area (Å²) in [7, 11) is 0. The van der Waals surface area contributed by atoms with Crippen LogP contribution in [0.15, 0.2) is 10.9 Å². The smallest absolute Gasteiger partial charge is 0.223 e. The van der Waals surface area contributed by atoms with Crippen molar-refractivity contribution in [2.45, 2.75) is 59.5 Å². The lowest BCUT2D eigenvalue weighted by molar-refractivity contribution is 0.166. The van der Waals surface area contributed by atoms with Gasteiger partial charge < -0.3 is 9.67 Å². The molecule has 4 nitrogen and oxygen atoms in total. The largest absolute Gasteiger partial charge is 0.503 e. The maximum absolute atomic E-state index is 12.0. The van der Waals surface area contributed by atoms with E-state index in [1.54, 1.807) is 0 Å². The van der Waals surface area contributed by atoms with E-state index < -0.39 is 0 Å². The highest BCUT2D eigenvalue weighted by atomic mass is 16.3. The normalized spacial score (nSPS) is 20.7. The lowest BCUT2D eigenvalue weighted by Crippen LogP contribution is -2.37. The average molecular weight is 292 g/mol. The molecule has 1 atom stereocenters. The Hall–Kier alpha value is -1.29. The van der Waals surface area contributed by atoms with Gasteiger partial charge in [0.15, 0.2) is 5.75 Å². The van der Waals surface area contributed by atoms with Crippen molar-refractivity contribution in [1.29, 1.82) is 0 Å². The summed E-state index contributed by atoms with van der Waals surface area (Å²) in [5.41, 5.74) is 1.23. The van der Waals surface area contributed by atoms with E-state index in [9.17, 15) is 9.90 Å². The van der Waals surface area contributed by atoms with Gasteiger partial charge in [0, 0.05) is 30.4 Å². The molecule has 1 aromatic heterocycles. The number of aromatic nitrogens is 1. The van der Waals surface area contributed by atoms with Gasteiger partial charge in [-0.2, -0.15) is 0 Å². The maximum Gasteiger partial charge on any atom is 0.223 e. The zero-order chi connectivity index (χ0) is 15.8. The van der Waals surface area contributed by atoms with Crippen LogP contribution in [0.1, 0.15) is 51.9 Å². The fraction of sp³-hybridized carbons (Fsp3) is 0.706. The van der Waals surface area contributed by atoms with E-state index in [4.69, 9.17) is 0 Å². The van der Waals surface area contributed by atoms with Crippen LogP contribution in [0.25, 0.3) is 0 Å². The van der Waals surface area contributed by atoms with Gasteiger partial charge in [0.05, 0.1) is 5.69 Å². The van der Waals surface area contributed by atoms with Crippen LogP contribution in [0, 0.1) is 12.8 Å². The number of pyridine rings is 1. The van der Waals surface area contributed by atoms with Crippen molar-refractivity contribution in [3.8, 4) is 5.75 Å². The average Bonchev–Trinajstić information content (AvgIpc) is 2.34. The number of nitrogens with zero attached hydrogens (tertiary/aromatic N) is 2. The fourth-order valence-corrected chi connectivity index (χ4v) is 3.51. The highest BCUT2D eigenvalue weighted by Gasteiger charge is 2.25. The second kappa shape index (κ2) is 5.84. The SMILES string of the molecule is Cc1cc(=O)c(O)c(CN2CCCC(C)C2)n1C(C)(C)C. The third-order valence-corrected chi connectivity index (χ3v) is 4.25. The molecule has 0 spiro atoms.